The molecule has 2 aromatic rings. The van der Waals surface area contributed by atoms with E-state index in [1.807, 2.05) is 43.0 Å². The van der Waals surface area contributed by atoms with Crippen molar-refractivity contribution >= 4 is 47.3 Å². The smallest absolute Gasteiger partial charge is 0.319 e. The van der Waals surface area contributed by atoms with Crippen molar-refractivity contribution in [1.82, 2.24) is 16.0 Å². The van der Waals surface area contributed by atoms with Gasteiger partial charge in [0.1, 0.15) is 11.6 Å². The van der Waals surface area contributed by atoms with Gasteiger partial charge in [-0.1, -0.05) is 12.1 Å². The highest BCUT2D eigenvalue weighted by Gasteiger charge is 2.25. The molecule has 180 valence electrons. The van der Waals surface area contributed by atoms with E-state index in [9.17, 15) is 13.6 Å². The molecule has 2 amide bonds. The first-order valence-electron chi connectivity index (χ1n) is 10.7. The molecule has 0 aromatic heterocycles. The van der Waals surface area contributed by atoms with Crippen LogP contribution in [0.3, 0.4) is 0 Å². The number of halogens is 3. The fraction of sp³-hybridized carbons (Fsp3) is 0.391. The number of benzene rings is 2. The molecule has 1 atom stereocenters. The Morgan fingerprint density at radius 1 is 1.18 bits per heavy atom. The topological polar surface area (TPSA) is 80.8 Å². The Labute approximate surface area is 210 Å². The lowest BCUT2D eigenvalue weighted by Gasteiger charge is -2.21. The summed E-state index contributed by atoms with van der Waals surface area (Å²) >= 11 is 0. The van der Waals surface area contributed by atoms with E-state index in [1.165, 1.54) is 12.1 Å². The Hall–Kier alpha value is -2.63. The highest BCUT2D eigenvalue weighted by molar-refractivity contribution is 14.0. The van der Waals surface area contributed by atoms with Crippen LogP contribution in [0.5, 0.6) is 0 Å². The SMILES string of the molecule is CN=C(NCc1ccc(NC(=O)NC(C)C)cc1)NC1CCN(c2ccc(F)cc2F)C1.I. The summed E-state index contributed by atoms with van der Waals surface area (Å²) in [5.74, 6) is -0.477. The zero-order valence-electron chi connectivity index (χ0n) is 19.0. The standard InChI is InChI=1S/C23H30F2N6O.HI/c1-15(2)28-23(32)30-18-7-4-16(5-8-18)13-27-22(26-3)29-19-10-11-31(14-19)21-9-6-17(24)12-20(21)25;/h4-9,12,15,19H,10-11,13-14H2,1-3H3,(H2,26,27,29)(H2,28,30,32);1H. The van der Waals surface area contributed by atoms with E-state index in [2.05, 4.69) is 26.3 Å². The number of rotatable bonds is 6. The Morgan fingerprint density at radius 3 is 2.55 bits per heavy atom. The number of nitrogens with zero attached hydrogens (tertiary/aromatic N) is 2. The second-order valence-electron chi connectivity index (χ2n) is 8.05. The molecule has 0 radical (unpaired) electrons. The van der Waals surface area contributed by atoms with Crippen molar-refractivity contribution in [1.29, 1.82) is 0 Å². The molecule has 1 aliphatic rings. The van der Waals surface area contributed by atoms with Crippen molar-refractivity contribution in [2.24, 2.45) is 4.99 Å². The van der Waals surface area contributed by atoms with Gasteiger partial charge in [0.2, 0.25) is 0 Å². The van der Waals surface area contributed by atoms with Gasteiger partial charge in [0.25, 0.3) is 0 Å². The van der Waals surface area contributed by atoms with Gasteiger partial charge < -0.3 is 26.2 Å². The van der Waals surface area contributed by atoms with Gasteiger partial charge in [-0.05, 0) is 50.1 Å². The van der Waals surface area contributed by atoms with Gasteiger partial charge >= 0.3 is 6.03 Å². The third kappa shape index (κ3) is 8.02. The number of carbonyl (C=O) groups excluding carboxylic acids is 1. The number of nitrogens with one attached hydrogen (secondary N) is 4. The number of urea groups is 1. The molecule has 4 N–H and O–H groups in total. The first-order valence-corrected chi connectivity index (χ1v) is 10.7. The van der Waals surface area contributed by atoms with Crippen LogP contribution in [0, 0.1) is 11.6 Å². The van der Waals surface area contributed by atoms with E-state index in [4.69, 9.17) is 0 Å². The van der Waals surface area contributed by atoms with Crippen LogP contribution in [0.25, 0.3) is 0 Å². The zero-order chi connectivity index (χ0) is 23.1. The highest BCUT2D eigenvalue weighted by atomic mass is 127. The van der Waals surface area contributed by atoms with Crippen molar-refractivity contribution in [3.8, 4) is 0 Å². The van der Waals surface area contributed by atoms with Crippen molar-refractivity contribution < 1.29 is 13.6 Å². The maximum atomic E-state index is 14.1. The molecule has 7 nitrogen and oxygen atoms in total. The van der Waals surface area contributed by atoms with Crippen LogP contribution in [-0.2, 0) is 6.54 Å². The van der Waals surface area contributed by atoms with Gasteiger partial charge in [0, 0.05) is 50.5 Å². The summed E-state index contributed by atoms with van der Waals surface area (Å²) in [5, 5.41) is 12.2. The van der Waals surface area contributed by atoms with Crippen LogP contribution in [-0.4, -0.2) is 44.2 Å². The lowest BCUT2D eigenvalue weighted by Crippen LogP contribution is -2.44. The Morgan fingerprint density at radius 2 is 1.91 bits per heavy atom. The van der Waals surface area contributed by atoms with Crippen LogP contribution in [0.1, 0.15) is 25.8 Å². The number of aliphatic imine (C=N–C) groups is 1. The van der Waals surface area contributed by atoms with Crippen LogP contribution < -0.4 is 26.2 Å². The highest BCUT2D eigenvalue weighted by Crippen LogP contribution is 2.24. The molecular weight excluding hydrogens is 541 g/mol. The molecule has 0 spiro atoms. The zero-order valence-corrected chi connectivity index (χ0v) is 21.3. The Bertz CT molecular complexity index is 954. The summed E-state index contributed by atoms with van der Waals surface area (Å²) in [4.78, 5) is 17.9. The van der Waals surface area contributed by atoms with E-state index < -0.39 is 11.6 Å². The van der Waals surface area contributed by atoms with Crippen molar-refractivity contribution in [2.75, 3.05) is 30.4 Å². The van der Waals surface area contributed by atoms with Crippen LogP contribution >= 0.6 is 24.0 Å². The third-order valence-corrected chi connectivity index (χ3v) is 5.09. The molecule has 1 saturated heterocycles. The second-order valence-corrected chi connectivity index (χ2v) is 8.05. The van der Waals surface area contributed by atoms with E-state index >= 15 is 0 Å². The molecule has 10 heteroatoms. The maximum absolute atomic E-state index is 14.1. The molecule has 1 unspecified atom stereocenters. The molecule has 0 bridgehead atoms. The summed E-state index contributed by atoms with van der Waals surface area (Å²) in [7, 11) is 1.70. The van der Waals surface area contributed by atoms with E-state index in [0.29, 0.717) is 37.0 Å². The molecule has 1 heterocycles. The lowest BCUT2D eigenvalue weighted by atomic mass is 10.2. The number of hydrogen-bond donors (Lipinski definition) is 4. The van der Waals surface area contributed by atoms with Gasteiger partial charge in [-0.2, -0.15) is 0 Å². The van der Waals surface area contributed by atoms with E-state index in [0.717, 1.165) is 18.1 Å². The quantitative estimate of drug-likeness (QED) is 0.239. The fourth-order valence-electron chi connectivity index (χ4n) is 3.54. The number of carbonyl (C=O) groups is 1. The molecule has 33 heavy (non-hydrogen) atoms. The van der Waals surface area contributed by atoms with Crippen LogP contribution in [0.15, 0.2) is 47.5 Å². The molecular formula is C23H31F2IN6O. The average Bonchev–Trinajstić information content (AvgIpc) is 3.19. The normalized spacial score (nSPS) is 15.8. The minimum absolute atomic E-state index is 0. The summed E-state index contributed by atoms with van der Waals surface area (Å²) in [6, 6.07) is 11.1. The first kappa shape index (κ1) is 26.6. The van der Waals surface area contributed by atoms with Crippen LogP contribution in [0.2, 0.25) is 0 Å². The third-order valence-electron chi connectivity index (χ3n) is 5.09. The lowest BCUT2D eigenvalue weighted by molar-refractivity contribution is 0.250. The minimum Gasteiger partial charge on any atom is -0.367 e. The summed E-state index contributed by atoms with van der Waals surface area (Å²) < 4.78 is 27.2. The summed E-state index contributed by atoms with van der Waals surface area (Å²) in [5.41, 5.74) is 2.16. The maximum Gasteiger partial charge on any atom is 0.319 e. The van der Waals surface area contributed by atoms with Crippen molar-refractivity contribution in [3.63, 3.8) is 0 Å². The Balaban J connectivity index is 0.00000385. The van der Waals surface area contributed by atoms with Gasteiger partial charge in [0.15, 0.2) is 5.96 Å². The molecule has 1 aliphatic heterocycles. The molecule has 2 aromatic carbocycles. The second kappa shape index (κ2) is 12.6. The van der Waals surface area contributed by atoms with Crippen LogP contribution in [0.4, 0.5) is 25.0 Å². The number of guanidine groups is 1. The van der Waals surface area contributed by atoms with Gasteiger partial charge in [-0.15, -0.1) is 24.0 Å². The number of hydrogen-bond acceptors (Lipinski definition) is 3. The van der Waals surface area contributed by atoms with E-state index in [1.54, 1.807) is 7.05 Å². The molecule has 0 saturated carbocycles. The predicted molar refractivity (Wildman–Crippen MR) is 139 cm³/mol. The molecule has 0 aliphatic carbocycles. The molecule has 3 rings (SSSR count). The summed E-state index contributed by atoms with van der Waals surface area (Å²) in [6.45, 7) is 5.64. The van der Waals surface area contributed by atoms with Crippen molar-refractivity contribution in [3.05, 3.63) is 59.7 Å². The first-order chi connectivity index (χ1) is 15.3. The predicted octanol–water partition coefficient (Wildman–Crippen LogP) is 4.06. The van der Waals surface area contributed by atoms with E-state index in [-0.39, 0.29) is 42.1 Å². The largest absolute Gasteiger partial charge is 0.367 e. The van der Waals surface area contributed by atoms with Gasteiger partial charge in [0.05, 0.1) is 5.69 Å². The number of amides is 2. The minimum atomic E-state index is -0.577. The monoisotopic (exact) mass is 572 g/mol. The summed E-state index contributed by atoms with van der Waals surface area (Å²) in [6.07, 6.45) is 0.816. The average molecular weight is 572 g/mol. The fourth-order valence-corrected chi connectivity index (χ4v) is 3.54. The van der Waals surface area contributed by atoms with Gasteiger partial charge in [-0.3, -0.25) is 4.99 Å². The van der Waals surface area contributed by atoms with Crippen molar-refractivity contribution in [2.45, 2.75) is 38.9 Å². The molecule has 1 fully saturated rings. The number of anilines is 2. The van der Waals surface area contributed by atoms with Gasteiger partial charge in [-0.25, -0.2) is 13.6 Å². The Kier molecular flexibility index (Phi) is 10.1.